The van der Waals surface area contributed by atoms with E-state index in [1.165, 1.54) is 18.1 Å². The number of carbonyl (C=O) groups excluding carboxylic acids is 1. The third-order valence-corrected chi connectivity index (χ3v) is 13.7. The maximum Gasteiger partial charge on any atom is 0.302 e. The molecule has 0 fully saturated rings. The predicted molar refractivity (Wildman–Crippen MR) is 258 cm³/mol. The van der Waals surface area contributed by atoms with E-state index in [0.717, 1.165) is 60.7 Å². The molecule has 9 aromatic rings. The Balaban J connectivity index is 0.000000141. The first-order valence-electron chi connectivity index (χ1n) is 19.9. The van der Waals surface area contributed by atoms with Crippen LogP contribution >= 0.6 is 34.0 Å². The lowest BCUT2D eigenvalue weighted by Gasteiger charge is -2.09. The zero-order valence-electron chi connectivity index (χ0n) is 35.0. The smallest absolute Gasteiger partial charge is 0.302 e. The number of rotatable bonds is 3. The van der Waals surface area contributed by atoms with E-state index in [4.69, 9.17) is 0 Å². The number of esters is 1. The maximum absolute atomic E-state index is 12.5. The van der Waals surface area contributed by atoms with E-state index in [2.05, 4.69) is 50.6 Å². The van der Waals surface area contributed by atoms with Crippen LogP contribution in [0.4, 0.5) is 0 Å². The lowest BCUT2D eigenvalue weighted by atomic mass is 10.0. The van der Waals surface area contributed by atoms with Gasteiger partial charge in [0.2, 0.25) is 0 Å². The molecule has 9 rings (SSSR count). The third-order valence-electron chi connectivity index (χ3n) is 10.1. The first kappa shape index (κ1) is 43.8. The summed E-state index contributed by atoms with van der Waals surface area (Å²) in [5.74, 6) is 0.898. The van der Waals surface area contributed by atoms with E-state index in [1.807, 2.05) is 104 Å². The summed E-state index contributed by atoms with van der Waals surface area (Å²) in [5, 5.41) is 14.7. The molecule has 1 N–H and O–H groups in total. The Labute approximate surface area is 361 Å². The molecule has 0 aliphatic carbocycles. The summed E-state index contributed by atoms with van der Waals surface area (Å²) in [5.41, 5.74) is 4.29. The molecule has 9 heteroatoms. The molecule has 60 heavy (non-hydrogen) atoms. The van der Waals surface area contributed by atoms with Crippen molar-refractivity contribution in [3.63, 3.8) is 0 Å². The van der Waals surface area contributed by atoms with Crippen LogP contribution in [-0.2, 0) is 9.53 Å². The van der Waals surface area contributed by atoms with Crippen LogP contribution in [0.5, 0.6) is 5.75 Å². The van der Waals surface area contributed by atoms with E-state index in [1.54, 1.807) is 47.9 Å². The Kier molecular flexibility index (Phi) is 14.0. The molecule has 0 saturated heterocycles. The van der Waals surface area contributed by atoms with Crippen LogP contribution in [0, 0.1) is 13.8 Å². The van der Waals surface area contributed by atoms with E-state index in [-0.39, 0.29) is 28.0 Å². The van der Waals surface area contributed by atoms with Gasteiger partial charge in [-0.05, 0) is 110 Å². The molecule has 0 aliphatic rings. The van der Waals surface area contributed by atoms with Crippen molar-refractivity contribution in [2.75, 3.05) is 6.61 Å². The van der Waals surface area contributed by atoms with Crippen LogP contribution in [0.15, 0.2) is 130 Å². The van der Waals surface area contributed by atoms with Crippen LogP contribution in [0.1, 0.15) is 75.6 Å². The number of ether oxygens (including phenoxy) is 1. The van der Waals surface area contributed by atoms with Crippen molar-refractivity contribution >= 4 is 100 Å². The maximum atomic E-state index is 12.5. The van der Waals surface area contributed by atoms with Gasteiger partial charge in [-0.25, -0.2) is 0 Å². The standard InChI is InChI=1S/2C16H14OS.C15H12O2S.C4H8O2/c1-10(2)11-7-5-8-13-15(17)12-6-3-4-9-14(12)18-16(11)13;1-10(2)11-7-8-15-13(9-11)16(17)12-5-3-4-6-14(12)18-15;1-8-7-12-13(9(2)14(8)16)15(17)10-5-3-4-6-11(10)18-12;1-3-6-4(2)5/h2*3-10H,1-2H3;3-7,16H,1-2H3;3H2,1-2H3. The van der Waals surface area contributed by atoms with Crippen molar-refractivity contribution in [3.05, 3.63) is 168 Å². The summed E-state index contributed by atoms with van der Waals surface area (Å²) < 4.78 is 10.7. The highest BCUT2D eigenvalue weighted by atomic mass is 32.1. The molecule has 6 nitrogen and oxygen atoms in total. The van der Waals surface area contributed by atoms with Crippen molar-refractivity contribution in [3.8, 4) is 5.75 Å². The van der Waals surface area contributed by atoms with Gasteiger partial charge in [0.05, 0.1) is 6.61 Å². The zero-order valence-corrected chi connectivity index (χ0v) is 37.5. The molecule has 6 aromatic carbocycles. The Bertz CT molecular complexity index is 3180. The summed E-state index contributed by atoms with van der Waals surface area (Å²) in [6.45, 7) is 15.9. The fourth-order valence-corrected chi connectivity index (χ4v) is 10.6. The molecule has 0 amide bonds. The largest absolute Gasteiger partial charge is 0.507 e. The first-order chi connectivity index (χ1) is 28.7. The Hall–Kier alpha value is -5.74. The molecule has 0 saturated carbocycles. The Morgan fingerprint density at radius 1 is 0.583 bits per heavy atom. The number of benzene rings is 6. The van der Waals surface area contributed by atoms with Gasteiger partial charge in [0.25, 0.3) is 0 Å². The molecule has 306 valence electrons. The van der Waals surface area contributed by atoms with E-state index < -0.39 is 0 Å². The van der Waals surface area contributed by atoms with Gasteiger partial charge in [-0.1, -0.05) is 82.3 Å². The SMILES string of the molecule is CC(C)c1ccc2sc3ccccc3c(=O)c2c1.CC(C)c1cccc2c(=O)c3ccccc3sc12.CCOC(C)=O.Cc1cc2sc3ccccc3c(=O)c2c(C)c1O. The summed E-state index contributed by atoms with van der Waals surface area (Å²) in [6, 6.07) is 37.4. The number of hydrogen-bond acceptors (Lipinski definition) is 9. The molecule has 0 bridgehead atoms. The number of aromatic hydroxyl groups is 1. The topological polar surface area (TPSA) is 97.7 Å². The van der Waals surface area contributed by atoms with Gasteiger partial charge in [-0.2, -0.15) is 0 Å². The van der Waals surface area contributed by atoms with Gasteiger partial charge in [-0.15, -0.1) is 34.0 Å². The van der Waals surface area contributed by atoms with Crippen molar-refractivity contribution in [1.29, 1.82) is 0 Å². The highest BCUT2D eigenvalue weighted by molar-refractivity contribution is 7.25. The van der Waals surface area contributed by atoms with Crippen molar-refractivity contribution in [1.82, 2.24) is 0 Å². The average molecular weight is 853 g/mol. The fourth-order valence-electron chi connectivity index (χ4n) is 6.98. The molecule has 0 radical (unpaired) electrons. The molecule has 3 heterocycles. The minimum absolute atomic E-state index is 0.00662. The van der Waals surface area contributed by atoms with E-state index >= 15 is 0 Å². The molecule has 0 unspecified atom stereocenters. The number of hydrogen-bond donors (Lipinski definition) is 1. The Morgan fingerprint density at radius 3 is 1.62 bits per heavy atom. The van der Waals surface area contributed by atoms with Crippen molar-refractivity contribution in [2.45, 2.75) is 67.2 Å². The van der Waals surface area contributed by atoms with Gasteiger partial charge in [-0.3, -0.25) is 19.2 Å². The highest BCUT2D eigenvalue weighted by Gasteiger charge is 2.14. The highest BCUT2D eigenvalue weighted by Crippen LogP contribution is 2.34. The monoisotopic (exact) mass is 852 g/mol. The predicted octanol–water partition coefficient (Wildman–Crippen LogP) is 13.4. The van der Waals surface area contributed by atoms with Crippen molar-refractivity contribution < 1.29 is 14.6 Å². The van der Waals surface area contributed by atoms with Crippen LogP contribution in [0.25, 0.3) is 60.5 Å². The molecule has 0 spiro atoms. The normalized spacial score (nSPS) is 11.0. The Morgan fingerprint density at radius 2 is 1.08 bits per heavy atom. The number of phenolic OH excluding ortho intramolecular Hbond substituents is 1. The second kappa shape index (κ2) is 19.1. The van der Waals surface area contributed by atoms with Crippen LogP contribution in [-0.4, -0.2) is 17.7 Å². The molecule has 0 atom stereocenters. The summed E-state index contributed by atoms with van der Waals surface area (Å²) >= 11 is 5.00. The van der Waals surface area contributed by atoms with Gasteiger partial charge in [0.15, 0.2) is 16.3 Å². The molecular formula is C51H48O6S3. The molecule has 3 aromatic heterocycles. The third kappa shape index (κ3) is 9.34. The number of fused-ring (bicyclic) bond motifs is 6. The second-order valence-electron chi connectivity index (χ2n) is 15.0. The number of phenols is 1. The number of carbonyl (C=O) groups is 1. The summed E-state index contributed by atoms with van der Waals surface area (Å²) in [7, 11) is 0. The fraction of sp³-hybridized carbons (Fsp3) is 0.216. The molecular weight excluding hydrogens is 805 g/mol. The lowest BCUT2D eigenvalue weighted by molar-refractivity contribution is -0.140. The zero-order chi connectivity index (χ0) is 43.2. The number of aryl methyl sites for hydroxylation is 2. The van der Waals surface area contributed by atoms with Crippen LogP contribution in [0.2, 0.25) is 0 Å². The van der Waals surface area contributed by atoms with E-state index in [0.29, 0.717) is 29.4 Å². The first-order valence-corrected chi connectivity index (χ1v) is 22.3. The minimum atomic E-state index is -0.211. The van der Waals surface area contributed by atoms with Crippen LogP contribution < -0.4 is 16.3 Å². The van der Waals surface area contributed by atoms with Crippen molar-refractivity contribution in [2.24, 2.45) is 0 Å². The molecule has 0 aliphatic heterocycles. The van der Waals surface area contributed by atoms with Gasteiger partial charge >= 0.3 is 5.97 Å². The average Bonchev–Trinajstić information content (AvgIpc) is 3.23. The van der Waals surface area contributed by atoms with Gasteiger partial charge < -0.3 is 9.84 Å². The quantitative estimate of drug-likeness (QED) is 0.140. The summed E-state index contributed by atoms with van der Waals surface area (Å²) in [4.78, 5) is 47.2. The second-order valence-corrected chi connectivity index (χ2v) is 18.3. The van der Waals surface area contributed by atoms with Gasteiger partial charge in [0.1, 0.15) is 5.75 Å². The minimum Gasteiger partial charge on any atom is -0.507 e. The van der Waals surface area contributed by atoms with E-state index in [9.17, 15) is 24.3 Å². The lowest BCUT2D eigenvalue weighted by Crippen LogP contribution is -2.03. The summed E-state index contributed by atoms with van der Waals surface area (Å²) in [6.07, 6.45) is 0. The van der Waals surface area contributed by atoms with Crippen LogP contribution in [0.3, 0.4) is 0 Å². The van der Waals surface area contributed by atoms with Gasteiger partial charge in [0, 0.05) is 73.0 Å².